The van der Waals surface area contributed by atoms with Crippen LogP contribution in [-0.2, 0) is 6.18 Å². The molecule has 2 aromatic rings. The van der Waals surface area contributed by atoms with E-state index in [0.29, 0.717) is 24.6 Å². The van der Waals surface area contributed by atoms with Crippen molar-refractivity contribution >= 4 is 11.7 Å². The Kier molecular flexibility index (Phi) is 4.65. The topological polar surface area (TPSA) is 73.9 Å². The zero-order chi connectivity index (χ0) is 18.0. The number of aryl methyl sites for hydroxylation is 1. The summed E-state index contributed by atoms with van der Waals surface area (Å²) < 4.78 is 37.9. The highest BCUT2D eigenvalue weighted by Gasteiger charge is 2.31. The fourth-order valence-electron chi connectivity index (χ4n) is 2.84. The van der Waals surface area contributed by atoms with Gasteiger partial charge in [0.1, 0.15) is 11.5 Å². The van der Waals surface area contributed by atoms with Crippen LogP contribution >= 0.6 is 0 Å². The highest BCUT2D eigenvalue weighted by molar-refractivity contribution is 5.92. The third-order valence-electron chi connectivity index (χ3n) is 4.09. The molecule has 0 aliphatic carbocycles. The van der Waals surface area contributed by atoms with Crippen molar-refractivity contribution in [2.24, 2.45) is 0 Å². The minimum absolute atomic E-state index is 0.109. The second-order valence-electron chi connectivity index (χ2n) is 6.10. The average Bonchev–Trinajstić information content (AvgIpc) is 3.01. The van der Waals surface area contributed by atoms with Crippen molar-refractivity contribution < 1.29 is 18.0 Å². The number of pyridine rings is 1. The Bertz CT molecular complexity index is 741. The number of alkyl halides is 3. The third kappa shape index (κ3) is 4.09. The van der Waals surface area contributed by atoms with Gasteiger partial charge < -0.3 is 10.2 Å². The Balaban J connectivity index is 1.64. The van der Waals surface area contributed by atoms with Gasteiger partial charge in [0.2, 0.25) is 0 Å². The monoisotopic (exact) mass is 353 g/mol. The summed E-state index contributed by atoms with van der Waals surface area (Å²) in [4.78, 5) is 18.0. The smallest absolute Gasteiger partial charge is 0.355 e. The van der Waals surface area contributed by atoms with Crippen molar-refractivity contribution in [3.63, 3.8) is 0 Å². The molecule has 2 N–H and O–H groups in total. The molecule has 1 aliphatic heterocycles. The van der Waals surface area contributed by atoms with E-state index < -0.39 is 11.7 Å². The number of hydrogen-bond donors (Lipinski definition) is 2. The number of rotatable bonds is 3. The lowest BCUT2D eigenvalue weighted by Gasteiger charge is -2.33. The van der Waals surface area contributed by atoms with Crippen molar-refractivity contribution in [1.82, 2.24) is 20.5 Å². The maximum atomic E-state index is 12.6. The summed E-state index contributed by atoms with van der Waals surface area (Å²) in [6.45, 7) is 2.99. The van der Waals surface area contributed by atoms with Gasteiger partial charge in [-0.1, -0.05) is 0 Å². The van der Waals surface area contributed by atoms with Crippen LogP contribution in [-0.4, -0.2) is 40.2 Å². The maximum Gasteiger partial charge on any atom is 0.417 e. The maximum absolute atomic E-state index is 12.6. The average molecular weight is 353 g/mol. The number of aromatic amines is 1. The molecule has 1 saturated heterocycles. The van der Waals surface area contributed by atoms with E-state index in [1.165, 1.54) is 6.07 Å². The third-order valence-corrected chi connectivity index (χ3v) is 4.09. The van der Waals surface area contributed by atoms with Crippen LogP contribution in [0.25, 0.3) is 0 Å². The zero-order valence-electron chi connectivity index (χ0n) is 13.6. The van der Waals surface area contributed by atoms with Gasteiger partial charge in [0.25, 0.3) is 5.91 Å². The summed E-state index contributed by atoms with van der Waals surface area (Å²) in [5, 5.41) is 9.55. The molecule has 0 spiro atoms. The molecule has 9 heteroatoms. The minimum atomic E-state index is -4.40. The molecule has 2 aromatic heterocycles. The second-order valence-corrected chi connectivity index (χ2v) is 6.10. The Morgan fingerprint density at radius 2 is 2.20 bits per heavy atom. The predicted molar refractivity (Wildman–Crippen MR) is 85.3 cm³/mol. The second kappa shape index (κ2) is 6.73. The molecule has 1 atom stereocenters. The Labute approximate surface area is 142 Å². The highest BCUT2D eigenvalue weighted by Crippen LogP contribution is 2.29. The number of halogens is 3. The minimum Gasteiger partial charge on any atom is -0.355 e. The fraction of sp³-hybridized carbons (Fsp3) is 0.438. The molecular formula is C16H18F3N5O. The first-order valence-electron chi connectivity index (χ1n) is 7.94. The normalized spacial score (nSPS) is 18.2. The Morgan fingerprint density at radius 3 is 2.80 bits per heavy atom. The van der Waals surface area contributed by atoms with Crippen LogP contribution in [0.3, 0.4) is 0 Å². The molecule has 3 rings (SSSR count). The molecule has 3 heterocycles. The van der Waals surface area contributed by atoms with Crippen molar-refractivity contribution in [3.8, 4) is 0 Å². The molecule has 25 heavy (non-hydrogen) atoms. The van der Waals surface area contributed by atoms with E-state index in [-0.39, 0.29) is 11.9 Å². The molecule has 0 unspecified atom stereocenters. The molecule has 0 saturated carbocycles. The standard InChI is InChI=1S/C16H18F3N5O/c1-10-7-13(23-22-10)15(25)21-12-3-2-6-24(9-12)14-5-4-11(8-20-14)16(17,18)19/h4-5,7-8,12H,2-3,6,9H2,1H3,(H,21,25)(H,22,23)/t12-/m0/s1. The first kappa shape index (κ1) is 17.2. The fourth-order valence-corrected chi connectivity index (χ4v) is 2.84. The van der Waals surface area contributed by atoms with Crippen LogP contribution in [0.2, 0.25) is 0 Å². The van der Waals surface area contributed by atoms with E-state index in [9.17, 15) is 18.0 Å². The van der Waals surface area contributed by atoms with Crippen molar-refractivity contribution in [2.75, 3.05) is 18.0 Å². The molecule has 1 aliphatic rings. The number of H-pyrrole nitrogens is 1. The molecule has 1 amide bonds. The van der Waals surface area contributed by atoms with Crippen LogP contribution in [0.1, 0.15) is 34.6 Å². The van der Waals surface area contributed by atoms with Gasteiger partial charge >= 0.3 is 6.18 Å². The summed E-state index contributed by atoms with van der Waals surface area (Å²) in [6, 6.07) is 3.94. The van der Waals surface area contributed by atoms with Gasteiger partial charge in [-0.15, -0.1) is 0 Å². The van der Waals surface area contributed by atoms with Crippen molar-refractivity contribution in [3.05, 3.63) is 41.3 Å². The van der Waals surface area contributed by atoms with Crippen LogP contribution in [0.4, 0.5) is 19.0 Å². The van der Waals surface area contributed by atoms with E-state index in [2.05, 4.69) is 20.5 Å². The van der Waals surface area contributed by atoms with Gasteiger partial charge in [-0.3, -0.25) is 9.89 Å². The van der Waals surface area contributed by atoms with Crippen molar-refractivity contribution in [2.45, 2.75) is 32.0 Å². The lowest BCUT2D eigenvalue weighted by atomic mass is 10.1. The van der Waals surface area contributed by atoms with Crippen LogP contribution in [0.5, 0.6) is 0 Å². The molecule has 0 radical (unpaired) electrons. The number of hydrogen-bond acceptors (Lipinski definition) is 4. The number of aromatic nitrogens is 3. The van der Waals surface area contributed by atoms with E-state index in [1.807, 2.05) is 11.8 Å². The number of anilines is 1. The molecular weight excluding hydrogens is 335 g/mol. The van der Waals surface area contributed by atoms with Gasteiger partial charge in [0.15, 0.2) is 0 Å². The Morgan fingerprint density at radius 1 is 1.40 bits per heavy atom. The number of nitrogens with zero attached hydrogens (tertiary/aromatic N) is 3. The van der Waals surface area contributed by atoms with E-state index >= 15 is 0 Å². The predicted octanol–water partition coefficient (Wildman–Crippen LogP) is 2.53. The van der Waals surface area contributed by atoms with Crippen molar-refractivity contribution in [1.29, 1.82) is 0 Å². The Hall–Kier alpha value is -2.58. The lowest BCUT2D eigenvalue weighted by Crippen LogP contribution is -2.48. The largest absolute Gasteiger partial charge is 0.417 e. The van der Waals surface area contributed by atoms with Gasteiger partial charge in [0.05, 0.1) is 5.56 Å². The highest BCUT2D eigenvalue weighted by atomic mass is 19.4. The summed E-state index contributed by atoms with van der Waals surface area (Å²) in [6.07, 6.45) is -1.95. The quantitative estimate of drug-likeness (QED) is 0.889. The number of amides is 1. The first-order valence-corrected chi connectivity index (χ1v) is 7.94. The van der Waals surface area contributed by atoms with Gasteiger partial charge in [-0.2, -0.15) is 18.3 Å². The lowest BCUT2D eigenvalue weighted by molar-refractivity contribution is -0.137. The molecule has 6 nitrogen and oxygen atoms in total. The molecule has 1 fully saturated rings. The van der Waals surface area contributed by atoms with Crippen LogP contribution < -0.4 is 10.2 Å². The molecule has 134 valence electrons. The van der Waals surface area contributed by atoms with E-state index in [0.717, 1.165) is 30.8 Å². The SMILES string of the molecule is Cc1cc(C(=O)N[C@H]2CCCN(c3ccc(C(F)(F)F)cn3)C2)n[nH]1. The van der Waals surface area contributed by atoms with Gasteiger partial charge in [-0.05, 0) is 38.0 Å². The van der Waals surface area contributed by atoms with Crippen LogP contribution in [0.15, 0.2) is 24.4 Å². The van der Waals surface area contributed by atoms with Crippen LogP contribution in [0, 0.1) is 6.92 Å². The zero-order valence-corrected chi connectivity index (χ0v) is 13.6. The van der Waals surface area contributed by atoms with E-state index in [4.69, 9.17) is 0 Å². The summed E-state index contributed by atoms with van der Waals surface area (Å²) in [7, 11) is 0. The van der Waals surface area contributed by atoms with Gasteiger partial charge in [0, 0.05) is 31.0 Å². The number of nitrogens with one attached hydrogen (secondary N) is 2. The number of piperidine rings is 1. The number of carbonyl (C=O) groups is 1. The van der Waals surface area contributed by atoms with E-state index in [1.54, 1.807) is 6.07 Å². The summed E-state index contributed by atoms with van der Waals surface area (Å²) in [5.41, 5.74) is 0.346. The summed E-state index contributed by atoms with van der Waals surface area (Å²) >= 11 is 0. The van der Waals surface area contributed by atoms with Gasteiger partial charge in [-0.25, -0.2) is 4.98 Å². The number of carbonyl (C=O) groups excluding carboxylic acids is 1. The molecule has 0 aromatic carbocycles. The molecule has 0 bridgehead atoms. The first-order chi connectivity index (χ1) is 11.8. The summed E-state index contributed by atoms with van der Waals surface area (Å²) in [5.74, 6) is 0.208.